The van der Waals surface area contributed by atoms with E-state index in [0.29, 0.717) is 34.1 Å². The van der Waals surface area contributed by atoms with Gasteiger partial charge < -0.3 is 15.6 Å². The average molecular weight is 374 g/mol. The van der Waals surface area contributed by atoms with Crippen molar-refractivity contribution in [1.82, 2.24) is 15.1 Å². The molecule has 3 heterocycles. The van der Waals surface area contributed by atoms with Gasteiger partial charge in [0.25, 0.3) is 11.6 Å². The first-order valence-electron chi connectivity index (χ1n) is 8.47. The molecule has 136 valence electrons. The third kappa shape index (κ3) is 3.48. The van der Waals surface area contributed by atoms with Crippen molar-refractivity contribution < 1.29 is 9.32 Å². The molecule has 26 heavy (non-hydrogen) atoms. The van der Waals surface area contributed by atoms with E-state index in [1.54, 1.807) is 12.1 Å². The summed E-state index contributed by atoms with van der Waals surface area (Å²) in [7, 11) is 0. The molecule has 1 amide bonds. The topological polar surface area (TPSA) is 107 Å². The van der Waals surface area contributed by atoms with Crippen LogP contribution >= 0.6 is 12.4 Å². The molecule has 1 saturated carbocycles. The van der Waals surface area contributed by atoms with Gasteiger partial charge in [-0.1, -0.05) is 18.5 Å². The molecule has 0 bridgehead atoms. The Kier molecular flexibility index (Phi) is 5.08. The fourth-order valence-electron chi connectivity index (χ4n) is 2.88. The number of halogens is 1. The third-order valence-electron chi connectivity index (χ3n) is 4.31. The van der Waals surface area contributed by atoms with Crippen molar-refractivity contribution in [2.45, 2.75) is 38.5 Å². The number of rotatable bonds is 5. The van der Waals surface area contributed by atoms with Crippen LogP contribution in [0.2, 0.25) is 0 Å². The van der Waals surface area contributed by atoms with Crippen LogP contribution in [0.25, 0.3) is 11.1 Å². The highest BCUT2D eigenvalue weighted by Gasteiger charge is 2.29. The number of hydrogen-bond acceptors (Lipinski definition) is 6. The van der Waals surface area contributed by atoms with Gasteiger partial charge in [0, 0.05) is 11.6 Å². The summed E-state index contributed by atoms with van der Waals surface area (Å²) in [5.74, 6) is 0.597. The van der Waals surface area contributed by atoms with E-state index < -0.39 is 0 Å². The molecule has 8 heteroatoms. The lowest BCUT2D eigenvalue weighted by atomic mass is 10.0. The lowest BCUT2D eigenvalue weighted by Crippen LogP contribution is -2.14. The molecule has 1 fully saturated rings. The number of pyridine rings is 2. The minimum Gasteiger partial charge on any atom is -0.384 e. The zero-order valence-corrected chi connectivity index (χ0v) is 15.2. The van der Waals surface area contributed by atoms with Crippen LogP contribution in [0.3, 0.4) is 0 Å². The number of amides is 1. The van der Waals surface area contributed by atoms with Crippen LogP contribution in [0.4, 0.5) is 11.5 Å². The molecule has 0 aromatic carbocycles. The van der Waals surface area contributed by atoms with Crippen molar-refractivity contribution >= 4 is 40.9 Å². The van der Waals surface area contributed by atoms with Gasteiger partial charge in [0.05, 0.1) is 28.5 Å². The van der Waals surface area contributed by atoms with E-state index in [4.69, 9.17) is 10.3 Å². The van der Waals surface area contributed by atoms with Crippen LogP contribution in [0.1, 0.15) is 53.8 Å². The molecule has 0 saturated heterocycles. The van der Waals surface area contributed by atoms with Crippen LogP contribution in [-0.4, -0.2) is 21.0 Å². The van der Waals surface area contributed by atoms with E-state index in [1.807, 2.05) is 6.07 Å². The predicted molar refractivity (Wildman–Crippen MR) is 102 cm³/mol. The lowest BCUT2D eigenvalue weighted by Gasteiger charge is -2.08. The van der Waals surface area contributed by atoms with Crippen LogP contribution in [0.5, 0.6) is 0 Å². The molecule has 3 aromatic heterocycles. The van der Waals surface area contributed by atoms with Gasteiger partial charge in [0.1, 0.15) is 5.82 Å². The summed E-state index contributed by atoms with van der Waals surface area (Å²) in [5, 5.41) is 7.69. The molecule has 7 nitrogen and oxygen atoms in total. The molecule has 4 rings (SSSR count). The van der Waals surface area contributed by atoms with Crippen molar-refractivity contribution in [2.75, 3.05) is 11.1 Å². The van der Waals surface area contributed by atoms with Crippen LogP contribution in [-0.2, 0) is 6.42 Å². The summed E-state index contributed by atoms with van der Waals surface area (Å²) < 4.78 is 5.41. The summed E-state index contributed by atoms with van der Waals surface area (Å²) in [4.78, 5) is 21.5. The molecule has 0 radical (unpaired) electrons. The number of fused-ring (bicyclic) bond motifs is 1. The van der Waals surface area contributed by atoms with Gasteiger partial charge in [0.2, 0.25) is 0 Å². The Morgan fingerprint density at radius 3 is 2.85 bits per heavy atom. The summed E-state index contributed by atoms with van der Waals surface area (Å²) in [6.45, 7) is 2.06. The normalized spacial score (nSPS) is 13.4. The minimum absolute atomic E-state index is 0. The van der Waals surface area contributed by atoms with Gasteiger partial charge in [-0.05, 0) is 37.5 Å². The Labute approximate surface area is 156 Å². The first-order chi connectivity index (χ1) is 12.2. The molecule has 1 aliphatic rings. The number of carbonyl (C=O) groups excluding carboxylic acids is 1. The highest BCUT2D eigenvalue weighted by molar-refractivity contribution is 6.12. The number of hydrogen-bond donors (Lipinski definition) is 2. The number of aryl methyl sites for hydroxylation is 1. The van der Waals surface area contributed by atoms with Gasteiger partial charge in [-0.25, -0.2) is 9.97 Å². The molecule has 0 atom stereocenters. The molecule has 0 spiro atoms. The predicted octanol–water partition coefficient (Wildman–Crippen LogP) is 3.70. The second-order valence-corrected chi connectivity index (χ2v) is 6.35. The SMILES string of the molecule is CCCc1noc2nc(C3CC3)cc(C(=O)Nc3ccc(N)nc3)c12.Cl. The van der Waals surface area contributed by atoms with E-state index in [1.165, 1.54) is 6.20 Å². The van der Waals surface area contributed by atoms with Gasteiger partial charge in [0.15, 0.2) is 0 Å². The maximum Gasteiger partial charge on any atom is 0.259 e. The van der Waals surface area contributed by atoms with Crippen molar-refractivity contribution in [3.63, 3.8) is 0 Å². The number of nitrogens with one attached hydrogen (secondary N) is 1. The molecular weight excluding hydrogens is 354 g/mol. The maximum atomic E-state index is 12.9. The Balaban J connectivity index is 0.00000196. The van der Waals surface area contributed by atoms with Crippen molar-refractivity contribution in [3.05, 3.63) is 41.3 Å². The summed E-state index contributed by atoms with van der Waals surface area (Å²) >= 11 is 0. The van der Waals surface area contributed by atoms with E-state index >= 15 is 0 Å². The summed E-state index contributed by atoms with van der Waals surface area (Å²) in [5.41, 5.74) is 8.83. The molecule has 3 N–H and O–H groups in total. The fourth-order valence-corrected chi connectivity index (χ4v) is 2.88. The van der Waals surface area contributed by atoms with Crippen molar-refractivity contribution in [1.29, 1.82) is 0 Å². The van der Waals surface area contributed by atoms with E-state index in [-0.39, 0.29) is 18.3 Å². The van der Waals surface area contributed by atoms with Gasteiger partial charge >= 0.3 is 0 Å². The standard InChI is InChI=1S/C18H19N5O2.ClH/c1-2-3-13-16-12(17(24)21-11-6-7-15(19)20-9-11)8-14(10-4-5-10)22-18(16)25-23-13;/h6-10H,2-5H2,1H3,(H2,19,20)(H,21,24);1H. The van der Waals surface area contributed by atoms with E-state index in [9.17, 15) is 4.79 Å². The fraction of sp³-hybridized carbons (Fsp3) is 0.333. The molecular formula is C18H20ClN5O2. The zero-order chi connectivity index (χ0) is 17.4. The molecule has 1 aliphatic carbocycles. The Hall–Kier alpha value is -2.67. The Morgan fingerprint density at radius 2 is 2.19 bits per heavy atom. The summed E-state index contributed by atoms with van der Waals surface area (Å²) in [6.07, 6.45) is 5.37. The van der Waals surface area contributed by atoms with Gasteiger partial charge in [-0.15, -0.1) is 12.4 Å². The first kappa shape index (κ1) is 18.1. The second kappa shape index (κ2) is 7.29. The third-order valence-corrected chi connectivity index (χ3v) is 4.31. The maximum absolute atomic E-state index is 12.9. The number of nitrogen functional groups attached to an aromatic ring is 1. The number of nitrogens with two attached hydrogens (primary N) is 1. The van der Waals surface area contributed by atoms with Crippen molar-refractivity contribution in [2.24, 2.45) is 0 Å². The second-order valence-electron chi connectivity index (χ2n) is 6.35. The van der Waals surface area contributed by atoms with Crippen LogP contribution in [0, 0.1) is 0 Å². The smallest absolute Gasteiger partial charge is 0.259 e. The minimum atomic E-state index is -0.221. The number of carbonyl (C=O) groups is 1. The van der Waals surface area contributed by atoms with E-state index in [2.05, 4.69) is 27.4 Å². The van der Waals surface area contributed by atoms with Crippen LogP contribution < -0.4 is 11.1 Å². The zero-order valence-electron chi connectivity index (χ0n) is 14.4. The van der Waals surface area contributed by atoms with Crippen molar-refractivity contribution in [3.8, 4) is 0 Å². The Bertz CT molecular complexity index is 935. The number of anilines is 2. The monoisotopic (exact) mass is 373 g/mol. The van der Waals surface area contributed by atoms with Crippen LogP contribution in [0.15, 0.2) is 28.9 Å². The van der Waals surface area contributed by atoms with Gasteiger partial charge in [-0.2, -0.15) is 0 Å². The molecule has 0 unspecified atom stereocenters. The lowest BCUT2D eigenvalue weighted by molar-refractivity contribution is 0.102. The average Bonchev–Trinajstić information content (AvgIpc) is 3.39. The number of nitrogens with zero attached hydrogens (tertiary/aromatic N) is 3. The quantitative estimate of drug-likeness (QED) is 0.706. The molecule has 0 aliphatic heterocycles. The highest BCUT2D eigenvalue weighted by Crippen LogP contribution is 2.40. The summed E-state index contributed by atoms with van der Waals surface area (Å²) in [6, 6.07) is 5.24. The number of aromatic nitrogens is 3. The van der Waals surface area contributed by atoms with Gasteiger partial charge in [-0.3, -0.25) is 4.79 Å². The Morgan fingerprint density at radius 1 is 1.38 bits per heavy atom. The molecule has 3 aromatic rings. The van der Waals surface area contributed by atoms with E-state index in [0.717, 1.165) is 37.1 Å². The largest absolute Gasteiger partial charge is 0.384 e. The first-order valence-corrected chi connectivity index (χ1v) is 8.47. The highest BCUT2D eigenvalue weighted by atomic mass is 35.5.